The van der Waals surface area contributed by atoms with Gasteiger partial charge in [0.25, 0.3) is 0 Å². The van der Waals surface area contributed by atoms with Gasteiger partial charge in [-0.05, 0) is 49.4 Å². The first kappa shape index (κ1) is 89.1. The molecular formula is C72H140O17P2. The molecule has 0 fully saturated rings. The summed E-state index contributed by atoms with van der Waals surface area (Å²) in [6.45, 7) is 14.1. The molecule has 0 aromatic carbocycles. The highest BCUT2D eigenvalue weighted by Gasteiger charge is 2.30. The average molecular weight is 1340 g/mol. The van der Waals surface area contributed by atoms with Gasteiger partial charge in [-0.15, -0.1) is 0 Å². The maximum atomic E-state index is 13.0. The Balaban J connectivity index is 5.26. The molecule has 17 nitrogen and oxygen atoms in total. The van der Waals surface area contributed by atoms with Crippen molar-refractivity contribution in [1.29, 1.82) is 0 Å². The lowest BCUT2D eigenvalue weighted by Crippen LogP contribution is -2.30. The molecule has 3 N–H and O–H groups in total. The molecule has 540 valence electrons. The second-order valence-corrected chi connectivity index (χ2v) is 30.6. The molecule has 0 aliphatic carbocycles. The van der Waals surface area contributed by atoms with Gasteiger partial charge in [-0.2, -0.15) is 0 Å². The zero-order valence-corrected chi connectivity index (χ0v) is 61.3. The Hall–Kier alpha value is -1.94. The fraction of sp³-hybridized carbons (Fsp3) is 0.944. The van der Waals surface area contributed by atoms with Crippen LogP contribution in [0.5, 0.6) is 0 Å². The maximum Gasteiger partial charge on any atom is 0.472 e. The lowest BCUT2D eigenvalue weighted by atomic mass is 10.00. The van der Waals surface area contributed by atoms with Crippen LogP contribution in [0.4, 0.5) is 0 Å². The SMILES string of the molecule is CCC(C)CCCCCCCCC(=O)OC[C@H](COP(=O)(O)OC[C@H](O)COP(=O)(O)OC[C@@H](COC(=O)CCCCCCCCCCCCC(C)C)OC(=O)CCCCCCCCCCCCCCCC(C)C)OC(=O)CCCCCCCCCCCC(C)C. The second kappa shape index (κ2) is 61.6. The average Bonchev–Trinajstić information content (AvgIpc) is 3.38. The van der Waals surface area contributed by atoms with Gasteiger partial charge in [-0.1, -0.05) is 306 Å². The van der Waals surface area contributed by atoms with Gasteiger partial charge in [0.05, 0.1) is 26.4 Å². The number of aliphatic hydroxyl groups excluding tert-OH is 1. The van der Waals surface area contributed by atoms with Crippen molar-refractivity contribution >= 4 is 39.5 Å². The van der Waals surface area contributed by atoms with Crippen molar-refractivity contribution in [3.8, 4) is 0 Å². The van der Waals surface area contributed by atoms with E-state index in [4.69, 9.17) is 37.0 Å². The molecule has 91 heavy (non-hydrogen) atoms. The first-order chi connectivity index (χ1) is 43.6. The number of ether oxygens (including phenoxy) is 4. The smallest absolute Gasteiger partial charge is 0.462 e. The lowest BCUT2D eigenvalue weighted by Gasteiger charge is -2.21. The van der Waals surface area contributed by atoms with E-state index in [-0.39, 0.29) is 25.7 Å². The van der Waals surface area contributed by atoms with Crippen LogP contribution in [0.2, 0.25) is 0 Å². The second-order valence-electron chi connectivity index (χ2n) is 27.6. The first-order valence-corrected chi connectivity index (χ1v) is 40.2. The van der Waals surface area contributed by atoms with Crippen LogP contribution >= 0.6 is 15.6 Å². The highest BCUT2D eigenvalue weighted by molar-refractivity contribution is 7.47. The third-order valence-corrected chi connectivity index (χ3v) is 18.8. The van der Waals surface area contributed by atoms with E-state index < -0.39 is 97.5 Å². The van der Waals surface area contributed by atoms with Crippen molar-refractivity contribution in [3.63, 3.8) is 0 Å². The van der Waals surface area contributed by atoms with Crippen LogP contribution in [0, 0.1) is 23.7 Å². The predicted octanol–water partition coefficient (Wildman–Crippen LogP) is 20.5. The summed E-state index contributed by atoms with van der Waals surface area (Å²) in [6, 6.07) is 0. The minimum atomic E-state index is -4.95. The van der Waals surface area contributed by atoms with E-state index in [2.05, 4.69) is 55.4 Å². The van der Waals surface area contributed by atoms with Crippen molar-refractivity contribution < 1.29 is 80.2 Å². The summed E-state index contributed by atoms with van der Waals surface area (Å²) in [7, 11) is -9.91. The summed E-state index contributed by atoms with van der Waals surface area (Å²) in [5.41, 5.74) is 0. The number of aliphatic hydroxyl groups is 1. The molecule has 0 aromatic heterocycles. The molecule has 0 saturated carbocycles. The Morgan fingerprint density at radius 2 is 0.527 bits per heavy atom. The highest BCUT2D eigenvalue weighted by atomic mass is 31.2. The summed E-state index contributed by atoms with van der Waals surface area (Å²) < 4.78 is 68.4. The number of unbranched alkanes of at least 4 members (excludes halogenated alkanes) is 34. The van der Waals surface area contributed by atoms with Crippen molar-refractivity contribution in [2.45, 2.75) is 375 Å². The van der Waals surface area contributed by atoms with Gasteiger partial charge in [-0.25, -0.2) is 9.13 Å². The third kappa shape index (κ3) is 65.1. The summed E-state index contributed by atoms with van der Waals surface area (Å²) >= 11 is 0. The normalized spacial score (nSPS) is 14.5. The lowest BCUT2D eigenvalue weighted by molar-refractivity contribution is -0.161. The van der Waals surface area contributed by atoms with Crippen LogP contribution in [0.1, 0.15) is 357 Å². The zero-order valence-electron chi connectivity index (χ0n) is 59.5. The van der Waals surface area contributed by atoms with Crippen LogP contribution in [0.15, 0.2) is 0 Å². The molecule has 0 amide bonds. The Morgan fingerprint density at radius 1 is 0.308 bits per heavy atom. The van der Waals surface area contributed by atoms with Crippen molar-refractivity contribution in [2.75, 3.05) is 39.6 Å². The Bertz CT molecular complexity index is 1800. The first-order valence-electron chi connectivity index (χ1n) is 37.2. The molecular weight excluding hydrogens is 1200 g/mol. The Morgan fingerprint density at radius 3 is 0.780 bits per heavy atom. The van der Waals surface area contributed by atoms with E-state index in [1.807, 2.05) is 0 Å². The number of phosphoric acid groups is 2. The van der Waals surface area contributed by atoms with Gasteiger partial charge in [0, 0.05) is 25.7 Å². The van der Waals surface area contributed by atoms with Crippen molar-refractivity contribution in [3.05, 3.63) is 0 Å². The number of carbonyl (C=O) groups excluding carboxylic acids is 4. The fourth-order valence-electron chi connectivity index (χ4n) is 10.8. The monoisotopic (exact) mass is 1340 g/mol. The van der Waals surface area contributed by atoms with Gasteiger partial charge < -0.3 is 33.8 Å². The van der Waals surface area contributed by atoms with Crippen LogP contribution in [0.3, 0.4) is 0 Å². The van der Waals surface area contributed by atoms with E-state index in [0.29, 0.717) is 25.7 Å². The largest absolute Gasteiger partial charge is 0.472 e. The standard InChI is InChI=1S/C72H140O17P2/c1-9-65(8)51-43-35-30-31-37-45-53-70(75)83-59-68(89-72(77)55-47-39-29-23-17-20-26-34-42-50-64(6)7)61-87-91(80,81)85-57-66(73)56-84-90(78,79)86-60-67(58-82-69(74)52-44-36-27-21-16-15-19-25-33-41-49-63(4)5)88-71(76)54-46-38-28-22-14-12-10-11-13-18-24-32-40-48-62(2)3/h62-68,73H,9-61H2,1-8H3,(H,78,79)(H,80,81)/t65?,66-,67-,68-/m1/s1. The van der Waals surface area contributed by atoms with Crippen LogP contribution in [0.25, 0.3) is 0 Å². The summed E-state index contributed by atoms with van der Waals surface area (Å²) in [6.07, 6.45) is 44.4. The fourth-order valence-corrected chi connectivity index (χ4v) is 12.4. The summed E-state index contributed by atoms with van der Waals surface area (Å²) in [4.78, 5) is 72.6. The summed E-state index contributed by atoms with van der Waals surface area (Å²) in [5, 5.41) is 10.6. The van der Waals surface area contributed by atoms with E-state index >= 15 is 0 Å². The van der Waals surface area contributed by atoms with Crippen molar-refractivity contribution in [2.24, 2.45) is 23.7 Å². The number of carbonyl (C=O) groups is 4. The maximum absolute atomic E-state index is 13.0. The van der Waals surface area contributed by atoms with Crippen LogP contribution in [-0.2, 0) is 65.4 Å². The van der Waals surface area contributed by atoms with Gasteiger partial charge in [0.15, 0.2) is 12.2 Å². The van der Waals surface area contributed by atoms with Gasteiger partial charge >= 0.3 is 39.5 Å². The molecule has 0 radical (unpaired) electrons. The Labute approximate surface area is 556 Å². The molecule has 19 heteroatoms. The molecule has 0 saturated heterocycles. The summed E-state index contributed by atoms with van der Waals surface area (Å²) in [5.74, 6) is 0.885. The van der Waals surface area contributed by atoms with Crippen molar-refractivity contribution in [1.82, 2.24) is 0 Å². The Kier molecular flexibility index (Phi) is 60.3. The topological polar surface area (TPSA) is 237 Å². The van der Waals surface area contributed by atoms with Crippen LogP contribution in [-0.4, -0.2) is 96.7 Å². The van der Waals surface area contributed by atoms with Gasteiger partial charge in [-0.3, -0.25) is 37.3 Å². The molecule has 0 bridgehead atoms. The molecule has 0 aliphatic rings. The number of hydrogen-bond acceptors (Lipinski definition) is 15. The number of esters is 4. The van der Waals surface area contributed by atoms with E-state index in [1.165, 1.54) is 154 Å². The molecule has 3 unspecified atom stereocenters. The highest BCUT2D eigenvalue weighted by Crippen LogP contribution is 2.45. The number of phosphoric ester groups is 2. The third-order valence-electron chi connectivity index (χ3n) is 16.9. The molecule has 0 aromatic rings. The number of rotatable bonds is 69. The molecule has 0 heterocycles. The minimum absolute atomic E-state index is 0.104. The zero-order chi connectivity index (χ0) is 67.5. The minimum Gasteiger partial charge on any atom is -0.462 e. The molecule has 6 atom stereocenters. The van der Waals surface area contributed by atoms with Crippen LogP contribution < -0.4 is 0 Å². The molecule has 0 spiro atoms. The van der Waals surface area contributed by atoms with Gasteiger partial charge in [0.2, 0.25) is 0 Å². The van der Waals surface area contributed by atoms with E-state index in [9.17, 15) is 43.2 Å². The number of hydrogen-bond donors (Lipinski definition) is 3. The quantitative estimate of drug-likeness (QED) is 0.0222. The van der Waals surface area contributed by atoms with E-state index in [0.717, 1.165) is 120 Å². The van der Waals surface area contributed by atoms with E-state index in [1.54, 1.807) is 0 Å². The predicted molar refractivity (Wildman–Crippen MR) is 367 cm³/mol. The molecule has 0 rings (SSSR count). The van der Waals surface area contributed by atoms with Gasteiger partial charge in [0.1, 0.15) is 19.3 Å². The molecule has 0 aliphatic heterocycles.